The highest BCUT2D eigenvalue weighted by Gasteiger charge is 2.20. The molecule has 2 aromatic heterocycles. The molecule has 0 unspecified atom stereocenters. The lowest BCUT2D eigenvalue weighted by molar-refractivity contribution is 0.569. The molecule has 4 rings (SSSR count). The summed E-state index contributed by atoms with van der Waals surface area (Å²) in [5.74, 6) is 0.670. The molecular formula is C20H21N5O2S. The summed E-state index contributed by atoms with van der Waals surface area (Å²) >= 11 is 0. The van der Waals surface area contributed by atoms with Gasteiger partial charge in [0.25, 0.3) is 0 Å². The van der Waals surface area contributed by atoms with Crippen LogP contribution >= 0.6 is 0 Å². The van der Waals surface area contributed by atoms with Crippen LogP contribution in [0.4, 0.5) is 0 Å². The molecule has 0 saturated carbocycles. The molecule has 0 amide bonds. The van der Waals surface area contributed by atoms with E-state index in [0.29, 0.717) is 22.7 Å². The van der Waals surface area contributed by atoms with Gasteiger partial charge >= 0.3 is 0 Å². The average molecular weight is 395 g/mol. The standard InChI is InChI=1S/C20H21N5O2S/c1-12(2)24-28(26,27)18-11-15(10-9-13(18)3)19-16-7-5-6-8-17(16)20-22-21-14(4)25(20)23-19/h5-12,24H,1-4H3. The number of hydrogen-bond acceptors (Lipinski definition) is 5. The van der Waals surface area contributed by atoms with E-state index in [0.717, 1.165) is 16.3 Å². The first kappa shape index (κ1) is 18.5. The molecule has 4 aromatic rings. The summed E-state index contributed by atoms with van der Waals surface area (Å²) < 4.78 is 29.9. The Morgan fingerprint density at radius 1 is 1.00 bits per heavy atom. The molecule has 28 heavy (non-hydrogen) atoms. The van der Waals surface area contributed by atoms with Gasteiger partial charge in [-0.3, -0.25) is 0 Å². The molecule has 0 bridgehead atoms. The van der Waals surface area contributed by atoms with Crippen molar-refractivity contribution in [1.82, 2.24) is 24.5 Å². The van der Waals surface area contributed by atoms with E-state index < -0.39 is 10.0 Å². The molecule has 0 saturated heterocycles. The van der Waals surface area contributed by atoms with Crippen molar-refractivity contribution in [2.45, 2.75) is 38.6 Å². The van der Waals surface area contributed by atoms with Crippen molar-refractivity contribution in [3.8, 4) is 11.3 Å². The zero-order valence-electron chi connectivity index (χ0n) is 16.1. The molecule has 144 valence electrons. The highest BCUT2D eigenvalue weighted by molar-refractivity contribution is 7.89. The van der Waals surface area contributed by atoms with E-state index in [9.17, 15) is 8.42 Å². The fraction of sp³-hybridized carbons (Fsp3) is 0.250. The van der Waals surface area contributed by atoms with E-state index in [1.165, 1.54) is 0 Å². The van der Waals surface area contributed by atoms with Gasteiger partial charge in [0.05, 0.1) is 10.6 Å². The van der Waals surface area contributed by atoms with Gasteiger partial charge in [0.15, 0.2) is 11.5 Å². The highest BCUT2D eigenvalue weighted by atomic mass is 32.2. The van der Waals surface area contributed by atoms with Gasteiger partial charge < -0.3 is 0 Å². The molecule has 0 aliphatic rings. The monoisotopic (exact) mass is 395 g/mol. The lowest BCUT2D eigenvalue weighted by Crippen LogP contribution is -2.30. The molecule has 1 N–H and O–H groups in total. The number of rotatable bonds is 4. The van der Waals surface area contributed by atoms with Crippen LogP contribution in [0.3, 0.4) is 0 Å². The predicted octanol–water partition coefficient (Wildman–Crippen LogP) is 3.25. The summed E-state index contributed by atoms with van der Waals surface area (Å²) in [7, 11) is -3.62. The number of aryl methyl sites for hydroxylation is 2. The summed E-state index contributed by atoms with van der Waals surface area (Å²) in [5.41, 5.74) is 2.77. The Kier molecular flexibility index (Phi) is 4.40. The summed E-state index contributed by atoms with van der Waals surface area (Å²) in [6.45, 7) is 7.23. The fourth-order valence-corrected chi connectivity index (χ4v) is 4.83. The van der Waals surface area contributed by atoms with E-state index >= 15 is 0 Å². The van der Waals surface area contributed by atoms with Crippen molar-refractivity contribution in [3.05, 3.63) is 53.9 Å². The van der Waals surface area contributed by atoms with Gasteiger partial charge in [-0.15, -0.1) is 10.2 Å². The lowest BCUT2D eigenvalue weighted by atomic mass is 10.0. The second-order valence-corrected chi connectivity index (χ2v) is 8.82. The maximum Gasteiger partial charge on any atom is 0.241 e. The van der Waals surface area contributed by atoms with Crippen LogP contribution in [0, 0.1) is 13.8 Å². The van der Waals surface area contributed by atoms with Gasteiger partial charge in [-0.2, -0.15) is 9.61 Å². The van der Waals surface area contributed by atoms with Gasteiger partial charge in [-0.1, -0.05) is 36.4 Å². The number of fused-ring (bicyclic) bond motifs is 3. The smallest absolute Gasteiger partial charge is 0.209 e. The number of hydrogen-bond donors (Lipinski definition) is 1. The van der Waals surface area contributed by atoms with E-state index in [2.05, 4.69) is 14.9 Å². The van der Waals surface area contributed by atoms with Crippen LogP contribution in [0.1, 0.15) is 25.2 Å². The van der Waals surface area contributed by atoms with E-state index in [1.807, 2.05) is 43.3 Å². The topological polar surface area (TPSA) is 89.2 Å². The minimum absolute atomic E-state index is 0.192. The Balaban J connectivity index is 2.00. The summed E-state index contributed by atoms with van der Waals surface area (Å²) in [6, 6.07) is 13.0. The minimum Gasteiger partial charge on any atom is -0.209 e. The molecule has 2 heterocycles. The van der Waals surface area contributed by atoms with Crippen LogP contribution in [-0.4, -0.2) is 34.3 Å². The Labute approximate surface area is 163 Å². The Bertz CT molecular complexity index is 1310. The summed E-state index contributed by atoms with van der Waals surface area (Å²) in [5, 5.41) is 14.9. The Morgan fingerprint density at radius 2 is 1.71 bits per heavy atom. The van der Waals surface area contributed by atoms with E-state index in [1.54, 1.807) is 31.4 Å². The minimum atomic E-state index is -3.62. The number of nitrogens with zero attached hydrogens (tertiary/aromatic N) is 4. The third-order valence-corrected chi connectivity index (χ3v) is 6.36. The summed E-state index contributed by atoms with van der Waals surface area (Å²) in [6.07, 6.45) is 0. The van der Waals surface area contributed by atoms with Crippen LogP contribution in [0.5, 0.6) is 0 Å². The quantitative estimate of drug-likeness (QED) is 0.573. The predicted molar refractivity (Wildman–Crippen MR) is 109 cm³/mol. The van der Waals surface area contributed by atoms with Crippen molar-refractivity contribution in [3.63, 3.8) is 0 Å². The zero-order chi connectivity index (χ0) is 20.1. The maximum atomic E-state index is 12.8. The molecular weight excluding hydrogens is 374 g/mol. The normalized spacial score (nSPS) is 12.3. The number of benzene rings is 2. The fourth-order valence-electron chi connectivity index (χ4n) is 3.31. The number of aromatic nitrogens is 4. The van der Waals surface area contributed by atoms with Gasteiger partial charge in [0, 0.05) is 22.4 Å². The first-order chi connectivity index (χ1) is 13.3. The second kappa shape index (κ2) is 6.65. The SMILES string of the molecule is Cc1ccc(-c2nn3c(C)nnc3c3ccccc23)cc1S(=O)(=O)NC(C)C. The first-order valence-electron chi connectivity index (χ1n) is 9.02. The van der Waals surface area contributed by atoms with Crippen LogP contribution in [0.15, 0.2) is 47.4 Å². The first-order valence-corrected chi connectivity index (χ1v) is 10.5. The molecule has 8 heteroatoms. The molecule has 0 spiro atoms. The van der Waals surface area contributed by atoms with Gasteiger partial charge in [-0.25, -0.2) is 13.1 Å². The zero-order valence-corrected chi connectivity index (χ0v) is 16.9. The second-order valence-electron chi connectivity index (χ2n) is 7.13. The Hall–Kier alpha value is -2.84. The summed E-state index contributed by atoms with van der Waals surface area (Å²) in [4.78, 5) is 0.255. The van der Waals surface area contributed by atoms with Crippen molar-refractivity contribution < 1.29 is 8.42 Å². The van der Waals surface area contributed by atoms with Gasteiger partial charge in [0.1, 0.15) is 0 Å². The van der Waals surface area contributed by atoms with Crippen LogP contribution in [-0.2, 0) is 10.0 Å². The van der Waals surface area contributed by atoms with Crippen LogP contribution in [0.2, 0.25) is 0 Å². The van der Waals surface area contributed by atoms with Crippen molar-refractivity contribution in [1.29, 1.82) is 0 Å². The molecule has 0 radical (unpaired) electrons. The molecule has 7 nitrogen and oxygen atoms in total. The highest BCUT2D eigenvalue weighted by Crippen LogP contribution is 2.31. The molecule has 0 aliphatic carbocycles. The van der Waals surface area contributed by atoms with Crippen molar-refractivity contribution in [2.75, 3.05) is 0 Å². The molecule has 0 aliphatic heterocycles. The van der Waals surface area contributed by atoms with Crippen LogP contribution in [0.25, 0.3) is 27.7 Å². The number of sulfonamides is 1. The molecule has 0 fully saturated rings. The Morgan fingerprint density at radius 3 is 2.43 bits per heavy atom. The largest absolute Gasteiger partial charge is 0.241 e. The molecule has 2 aromatic carbocycles. The lowest BCUT2D eigenvalue weighted by Gasteiger charge is -2.14. The van der Waals surface area contributed by atoms with Gasteiger partial charge in [-0.05, 0) is 39.3 Å². The average Bonchev–Trinajstić information content (AvgIpc) is 3.01. The number of nitrogens with one attached hydrogen (secondary N) is 1. The van der Waals surface area contributed by atoms with E-state index in [4.69, 9.17) is 5.10 Å². The van der Waals surface area contributed by atoms with E-state index in [-0.39, 0.29) is 10.9 Å². The van der Waals surface area contributed by atoms with Crippen molar-refractivity contribution in [2.24, 2.45) is 0 Å². The molecule has 0 atom stereocenters. The van der Waals surface area contributed by atoms with Crippen molar-refractivity contribution >= 4 is 26.4 Å². The van der Waals surface area contributed by atoms with Crippen LogP contribution < -0.4 is 4.72 Å². The maximum absolute atomic E-state index is 12.8. The van der Waals surface area contributed by atoms with Gasteiger partial charge in [0.2, 0.25) is 10.0 Å². The third kappa shape index (κ3) is 3.04. The third-order valence-electron chi connectivity index (χ3n) is 4.56.